The van der Waals surface area contributed by atoms with Gasteiger partial charge in [0.2, 0.25) is 5.91 Å². The largest absolute Gasteiger partial charge is 0.345 e. The van der Waals surface area contributed by atoms with Crippen LogP contribution in [-0.2, 0) is 4.79 Å². The summed E-state index contributed by atoms with van der Waals surface area (Å²) in [6.45, 7) is 0.970. The quantitative estimate of drug-likeness (QED) is 0.835. The second kappa shape index (κ2) is 6.55. The maximum absolute atomic E-state index is 12.2. The van der Waals surface area contributed by atoms with Crippen molar-refractivity contribution < 1.29 is 4.79 Å². The Labute approximate surface area is 111 Å². The molecule has 2 atom stereocenters. The predicted molar refractivity (Wildman–Crippen MR) is 74.1 cm³/mol. The van der Waals surface area contributed by atoms with E-state index in [1.807, 2.05) is 11.9 Å². The van der Waals surface area contributed by atoms with Gasteiger partial charge in [0, 0.05) is 26.1 Å². The second-order valence-electron chi connectivity index (χ2n) is 6.42. The lowest BCUT2D eigenvalue weighted by atomic mass is 9.84. The fourth-order valence-corrected chi connectivity index (χ4v) is 3.60. The molecule has 0 spiro atoms. The second-order valence-corrected chi connectivity index (χ2v) is 6.42. The maximum atomic E-state index is 12.2. The molecule has 2 aliphatic carbocycles. The monoisotopic (exact) mass is 252 g/mol. The standard InChI is InChI=1S/C15H28N2O/c1-17(11-12-5-2-3-6-12)15(18)10-13-7-4-8-14(16)9-13/h12-14H,2-11,16H2,1H3. The molecule has 18 heavy (non-hydrogen) atoms. The Morgan fingerprint density at radius 1 is 1.11 bits per heavy atom. The maximum Gasteiger partial charge on any atom is 0.222 e. The first-order chi connectivity index (χ1) is 8.65. The summed E-state index contributed by atoms with van der Waals surface area (Å²) in [7, 11) is 1.98. The molecule has 2 aliphatic rings. The van der Waals surface area contributed by atoms with E-state index in [2.05, 4.69) is 0 Å². The molecule has 3 nitrogen and oxygen atoms in total. The minimum Gasteiger partial charge on any atom is -0.345 e. The molecule has 0 bridgehead atoms. The van der Waals surface area contributed by atoms with Crippen LogP contribution in [0.4, 0.5) is 0 Å². The van der Waals surface area contributed by atoms with E-state index in [0.717, 1.165) is 31.7 Å². The van der Waals surface area contributed by atoms with Gasteiger partial charge in [-0.2, -0.15) is 0 Å². The Kier molecular flexibility index (Phi) is 5.04. The first kappa shape index (κ1) is 13.9. The molecule has 2 fully saturated rings. The lowest BCUT2D eigenvalue weighted by Crippen LogP contribution is -2.35. The van der Waals surface area contributed by atoms with Crippen LogP contribution in [0.5, 0.6) is 0 Å². The molecule has 2 rings (SSSR count). The Morgan fingerprint density at radius 3 is 2.44 bits per heavy atom. The number of amides is 1. The third-order valence-electron chi connectivity index (χ3n) is 4.72. The average Bonchev–Trinajstić information content (AvgIpc) is 2.81. The van der Waals surface area contributed by atoms with Gasteiger partial charge in [0.05, 0.1) is 0 Å². The van der Waals surface area contributed by atoms with E-state index < -0.39 is 0 Å². The zero-order valence-corrected chi connectivity index (χ0v) is 11.7. The van der Waals surface area contributed by atoms with Crippen LogP contribution in [0.1, 0.15) is 57.8 Å². The van der Waals surface area contributed by atoms with Crippen molar-refractivity contribution in [1.82, 2.24) is 4.90 Å². The summed E-state index contributed by atoms with van der Waals surface area (Å²) in [5.74, 6) is 1.63. The zero-order valence-electron chi connectivity index (χ0n) is 11.7. The number of hydrogen-bond donors (Lipinski definition) is 1. The van der Waals surface area contributed by atoms with Gasteiger partial charge in [0.25, 0.3) is 0 Å². The molecule has 2 saturated carbocycles. The van der Waals surface area contributed by atoms with Gasteiger partial charge in [-0.3, -0.25) is 4.79 Å². The van der Waals surface area contributed by atoms with Gasteiger partial charge in [-0.25, -0.2) is 0 Å². The van der Waals surface area contributed by atoms with Crippen molar-refractivity contribution in [3.05, 3.63) is 0 Å². The van der Waals surface area contributed by atoms with Crippen LogP contribution in [0, 0.1) is 11.8 Å². The molecule has 104 valence electrons. The Bertz CT molecular complexity index is 274. The number of nitrogens with zero attached hydrogens (tertiary/aromatic N) is 1. The van der Waals surface area contributed by atoms with Crippen LogP contribution in [0.15, 0.2) is 0 Å². The minimum absolute atomic E-state index is 0.330. The molecule has 1 amide bonds. The molecule has 0 saturated heterocycles. The van der Waals surface area contributed by atoms with Crippen LogP contribution in [0.25, 0.3) is 0 Å². The number of carbonyl (C=O) groups excluding carboxylic acids is 1. The number of rotatable bonds is 4. The van der Waals surface area contributed by atoms with Gasteiger partial charge in [-0.1, -0.05) is 19.3 Å². The van der Waals surface area contributed by atoms with Crippen LogP contribution in [0.2, 0.25) is 0 Å². The molecule has 0 aromatic rings. The van der Waals surface area contributed by atoms with Crippen molar-refractivity contribution in [2.24, 2.45) is 17.6 Å². The van der Waals surface area contributed by atoms with Crippen LogP contribution in [0.3, 0.4) is 0 Å². The highest BCUT2D eigenvalue weighted by Gasteiger charge is 2.24. The van der Waals surface area contributed by atoms with Gasteiger partial charge in [-0.05, 0) is 43.9 Å². The summed E-state index contributed by atoms with van der Waals surface area (Å²) >= 11 is 0. The highest BCUT2D eigenvalue weighted by molar-refractivity contribution is 5.76. The van der Waals surface area contributed by atoms with Crippen LogP contribution < -0.4 is 5.73 Å². The summed E-state index contributed by atoms with van der Waals surface area (Å²) in [4.78, 5) is 14.2. The molecule has 0 aliphatic heterocycles. The third kappa shape index (κ3) is 3.98. The van der Waals surface area contributed by atoms with Gasteiger partial charge in [0.1, 0.15) is 0 Å². The smallest absolute Gasteiger partial charge is 0.222 e. The van der Waals surface area contributed by atoms with Crippen molar-refractivity contribution in [3.63, 3.8) is 0 Å². The Morgan fingerprint density at radius 2 is 1.78 bits per heavy atom. The molecule has 2 unspecified atom stereocenters. The van der Waals surface area contributed by atoms with Crippen molar-refractivity contribution >= 4 is 5.91 Å². The number of nitrogens with two attached hydrogens (primary N) is 1. The summed E-state index contributed by atoms with van der Waals surface area (Å²) in [5, 5.41) is 0. The molecule has 0 heterocycles. The predicted octanol–water partition coefficient (Wildman–Crippen LogP) is 2.54. The molecule has 0 radical (unpaired) electrons. The van der Waals surface area contributed by atoms with Crippen molar-refractivity contribution in [2.45, 2.75) is 63.8 Å². The first-order valence-corrected chi connectivity index (χ1v) is 7.64. The highest BCUT2D eigenvalue weighted by Crippen LogP contribution is 2.28. The van der Waals surface area contributed by atoms with Crippen molar-refractivity contribution in [2.75, 3.05) is 13.6 Å². The fourth-order valence-electron chi connectivity index (χ4n) is 3.60. The van der Waals surface area contributed by atoms with Gasteiger partial charge in [0.15, 0.2) is 0 Å². The van der Waals surface area contributed by atoms with E-state index in [0.29, 0.717) is 17.9 Å². The Hall–Kier alpha value is -0.570. The fraction of sp³-hybridized carbons (Fsp3) is 0.933. The molecule has 0 aromatic carbocycles. The van der Waals surface area contributed by atoms with E-state index >= 15 is 0 Å². The van der Waals surface area contributed by atoms with Crippen molar-refractivity contribution in [1.29, 1.82) is 0 Å². The molecular formula is C15H28N2O. The van der Waals surface area contributed by atoms with E-state index in [1.165, 1.54) is 38.5 Å². The summed E-state index contributed by atoms with van der Waals surface area (Å²) < 4.78 is 0. The van der Waals surface area contributed by atoms with Gasteiger partial charge >= 0.3 is 0 Å². The summed E-state index contributed by atoms with van der Waals surface area (Å²) in [5.41, 5.74) is 5.98. The minimum atomic E-state index is 0.330. The lowest BCUT2D eigenvalue weighted by molar-refractivity contribution is -0.131. The lowest BCUT2D eigenvalue weighted by Gasteiger charge is -2.28. The topological polar surface area (TPSA) is 46.3 Å². The highest BCUT2D eigenvalue weighted by atomic mass is 16.2. The van der Waals surface area contributed by atoms with E-state index in [9.17, 15) is 4.79 Å². The van der Waals surface area contributed by atoms with Crippen LogP contribution >= 0.6 is 0 Å². The van der Waals surface area contributed by atoms with Crippen LogP contribution in [-0.4, -0.2) is 30.4 Å². The molecule has 2 N–H and O–H groups in total. The molecule has 3 heteroatoms. The summed E-state index contributed by atoms with van der Waals surface area (Å²) in [6.07, 6.45) is 10.6. The zero-order chi connectivity index (χ0) is 13.0. The number of carbonyl (C=O) groups is 1. The van der Waals surface area contributed by atoms with Gasteiger partial charge in [-0.15, -0.1) is 0 Å². The van der Waals surface area contributed by atoms with E-state index in [4.69, 9.17) is 5.73 Å². The normalized spacial score (nSPS) is 29.4. The molecular weight excluding hydrogens is 224 g/mol. The SMILES string of the molecule is CN(CC1CCCC1)C(=O)CC1CCCC(N)C1. The van der Waals surface area contributed by atoms with E-state index in [1.54, 1.807) is 0 Å². The van der Waals surface area contributed by atoms with Gasteiger partial charge < -0.3 is 10.6 Å². The third-order valence-corrected chi connectivity index (χ3v) is 4.72. The van der Waals surface area contributed by atoms with Crippen molar-refractivity contribution in [3.8, 4) is 0 Å². The summed E-state index contributed by atoms with van der Waals surface area (Å²) in [6, 6.07) is 0.330. The number of hydrogen-bond acceptors (Lipinski definition) is 2. The molecule has 0 aromatic heterocycles. The van der Waals surface area contributed by atoms with E-state index in [-0.39, 0.29) is 0 Å². The Balaban J connectivity index is 1.72. The first-order valence-electron chi connectivity index (χ1n) is 7.64. The average molecular weight is 252 g/mol.